The number of benzene rings is 1. The number of amides is 1. The molecule has 0 aliphatic rings. The summed E-state index contributed by atoms with van der Waals surface area (Å²) in [4.78, 5) is 18.3. The maximum atomic E-state index is 12.6. The van der Waals surface area contributed by atoms with Gasteiger partial charge in [0.2, 0.25) is 0 Å². The lowest BCUT2D eigenvalue weighted by atomic mass is 10.2. The monoisotopic (exact) mass is 304 g/mol. The first-order valence-electron chi connectivity index (χ1n) is 6.64. The summed E-state index contributed by atoms with van der Waals surface area (Å²) in [5.41, 5.74) is 1.59. The van der Waals surface area contributed by atoms with E-state index in [0.717, 1.165) is 5.56 Å². The first kappa shape index (κ1) is 15.5. The van der Waals surface area contributed by atoms with E-state index in [9.17, 15) is 4.79 Å². The van der Waals surface area contributed by atoms with Crippen LogP contribution in [0.5, 0.6) is 0 Å². The number of carbonyl (C=O) groups is 1. The smallest absolute Gasteiger partial charge is 0.255 e. The topological polar surface area (TPSA) is 42.4 Å². The molecule has 0 aliphatic carbocycles. The van der Waals surface area contributed by atoms with Gasteiger partial charge in [-0.1, -0.05) is 41.9 Å². The summed E-state index contributed by atoms with van der Waals surface area (Å²) in [5, 5.41) is 0.373. The lowest BCUT2D eigenvalue weighted by Gasteiger charge is -2.22. The van der Waals surface area contributed by atoms with Crippen molar-refractivity contribution < 1.29 is 9.53 Å². The normalized spacial score (nSPS) is 10.4. The third-order valence-electron chi connectivity index (χ3n) is 3.04. The second kappa shape index (κ2) is 7.76. The van der Waals surface area contributed by atoms with Crippen LogP contribution in [0.15, 0.2) is 48.7 Å². The van der Waals surface area contributed by atoms with Crippen LogP contribution in [-0.2, 0) is 11.3 Å². The Balaban J connectivity index is 2.14. The highest BCUT2D eigenvalue weighted by Crippen LogP contribution is 2.11. The molecule has 0 radical (unpaired) electrons. The molecule has 0 unspecified atom stereocenters. The molecule has 2 aromatic rings. The fraction of sp³-hybridized carbons (Fsp3) is 0.250. The SMILES string of the molecule is COCCN(Cc1ccccc1)C(=O)c1ccc(Cl)nc1. The molecule has 21 heavy (non-hydrogen) atoms. The zero-order chi connectivity index (χ0) is 15.1. The standard InChI is InChI=1S/C16H17ClN2O2/c1-21-10-9-19(12-13-5-3-2-4-6-13)16(20)14-7-8-15(17)18-11-14/h2-8,11H,9-10,12H2,1H3. The number of pyridine rings is 1. The largest absolute Gasteiger partial charge is 0.383 e. The number of aromatic nitrogens is 1. The van der Waals surface area contributed by atoms with Gasteiger partial charge in [0.05, 0.1) is 12.2 Å². The Labute approximate surface area is 129 Å². The van der Waals surface area contributed by atoms with Crippen LogP contribution in [0.1, 0.15) is 15.9 Å². The summed E-state index contributed by atoms with van der Waals surface area (Å²) in [5.74, 6) is -0.0833. The van der Waals surface area contributed by atoms with Gasteiger partial charge in [0.1, 0.15) is 5.15 Å². The van der Waals surface area contributed by atoms with Gasteiger partial charge < -0.3 is 9.64 Å². The van der Waals surface area contributed by atoms with Crippen LogP contribution in [0.4, 0.5) is 0 Å². The van der Waals surface area contributed by atoms with Gasteiger partial charge in [-0.2, -0.15) is 0 Å². The molecule has 1 heterocycles. The van der Waals surface area contributed by atoms with E-state index in [1.807, 2.05) is 30.3 Å². The minimum Gasteiger partial charge on any atom is -0.383 e. The van der Waals surface area contributed by atoms with Gasteiger partial charge in [0, 0.05) is 26.4 Å². The van der Waals surface area contributed by atoms with E-state index < -0.39 is 0 Å². The molecule has 4 nitrogen and oxygen atoms in total. The predicted octanol–water partition coefficient (Wildman–Crippen LogP) is 3.02. The number of hydrogen-bond acceptors (Lipinski definition) is 3. The molecule has 5 heteroatoms. The molecule has 0 saturated heterocycles. The van der Waals surface area contributed by atoms with E-state index in [2.05, 4.69) is 4.98 Å². The lowest BCUT2D eigenvalue weighted by Crippen LogP contribution is -2.33. The minimum atomic E-state index is -0.0833. The van der Waals surface area contributed by atoms with Gasteiger partial charge >= 0.3 is 0 Å². The Morgan fingerprint density at radius 3 is 2.62 bits per heavy atom. The summed E-state index contributed by atoms with van der Waals surface area (Å²) in [6.45, 7) is 1.54. The third-order valence-corrected chi connectivity index (χ3v) is 3.27. The maximum absolute atomic E-state index is 12.6. The molecular formula is C16H17ClN2O2. The van der Waals surface area contributed by atoms with Crippen LogP contribution >= 0.6 is 11.6 Å². The fourth-order valence-electron chi connectivity index (χ4n) is 1.94. The number of methoxy groups -OCH3 is 1. The van der Waals surface area contributed by atoms with Crippen molar-refractivity contribution in [3.8, 4) is 0 Å². The number of rotatable bonds is 6. The Morgan fingerprint density at radius 2 is 2.00 bits per heavy atom. The molecule has 0 atom stereocenters. The number of nitrogens with zero attached hydrogens (tertiary/aromatic N) is 2. The molecule has 0 fully saturated rings. The molecule has 110 valence electrons. The number of carbonyl (C=O) groups excluding carboxylic acids is 1. The summed E-state index contributed by atoms with van der Waals surface area (Å²) in [7, 11) is 1.62. The van der Waals surface area contributed by atoms with Crippen molar-refractivity contribution in [1.29, 1.82) is 0 Å². The predicted molar refractivity (Wildman–Crippen MR) is 82.3 cm³/mol. The third kappa shape index (κ3) is 4.55. The van der Waals surface area contributed by atoms with Gasteiger partial charge in [0.25, 0.3) is 5.91 Å². The van der Waals surface area contributed by atoms with Gasteiger partial charge in [0.15, 0.2) is 0 Å². The van der Waals surface area contributed by atoms with Crippen LogP contribution < -0.4 is 0 Å². The van der Waals surface area contributed by atoms with Crippen LogP contribution in [0.3, 0.4) is 0 Å². The fourth-order valence-corrected chi connectivity index (χ4v) is 2.05. The molecule has 0 bridgehead atoms. The van der Waals surface area contributed by atoms with Crippen molar-refractivity contribution in [2.45, 2.75) is 6.54 Å². The summed E-state index contributed by atoms with van der Waals surface area (Å²) < 4.78 is 5.08. The van der Waals surface area contributed by atoms with Crippen molar-refractivity contribution in [2.24, 2.45) is 0 Å². The Hall–Kier alpha value is -1.91. The zero-order valence-electron chi connectivity index (χ0n) is 11.8. The summed E-state index contributed by atoms with van der Waals surface area (Å²) in [6, 6.07) is 13.2. The average molecular weight is 305 g/mol. The van der Waals surface area contributed by atoms with E-state index in [-0.39, 0.29) is 5.91 Å². The highest BCUT2D eigenvalue weighted by Gasteiger charge is 2.16. The van der Waals surface area contributed by atoms with Gasteiger partial charge in [-0.3, -0.25) is 4.79 Å². The number of ether oxygens (including phenoxy) is 1. The van der Waals surface area contributed by atoms with Crippen molar-refractivity contribution in [3.05, 3.63) is 64.9 Å². The van der Waals surface area contributed by atoms with E-state index in [4.69, 9.17) is 16.3 Å². The first-order valence-corrected chi connectivity index (χ1v) is 7.02. The number of hydrogen-bond donors (Lipinski definition) is 0. The number of halogens is 1. The van der Waals surface area contributed by atoms with Crippen LogP contribution in [0.25, 0.3) is 0 Å². The minimum absolute atomic E-state index is 0.0833. The molecule has 1 aromatic carbocycles. The summed E-state index contributed by atoms with van der Waals surface area (Å²) in [6.07, 6.45) is 1.50. The Bertz CT molecular complexity index is 573. The van der Waals surface area contributed by atoms with E-state index in [1.165, 1.54) is 6.20 Å². The van der Waals surface area contributed by atoms with Crippen molar-refractivity contribution in [2.75, 3.05) is 20.3 Å². The molecule has 0 saturated carbocycles. The van der Waals surface area contributed by atoms with Gasteiger partial charge in [-0.25, -0.2) is 4.98 Å². The van der Waals surface area contributed by atoms with Crippen LogP contribution in [0, 0.1) is 0 Å². The molecule has 1 aromatic heterocycles. The van der Waals surface area contributed by atoms with Crippen LogP contribution in [0.2, 0.25) is 5.15 Å². The van der Waals surface area contributed by atoms with Crippen molar-refractivity contribution in [1.82, 2.24) is 9.88 Å². The molecule has 0 N–H and O–H groups in total. The maximum Gasteiger partial charge on any atom is 0.255 e. The van der Waals surface area contributed by atoms with Gasteiger partial charge in [-0.15, -0.1) is 0 Å². The quantitative estimate of drug-likeness (QED) is 0.770. The molecule has 0 aliphatic heterocycles. The molecular weight excluding hydrogens is 288 g/mol. The van der Waals surface area contributed by atoms with Crippen molar-refractivity contribution in [3.63, 3.8) is 0 Å². The summed E-state index contributed by atoms with van der Waals surface area (Å²) >= 11 is 5.75. The average Bonchev–Trinajstić information content (AvgIpc) is 2.52. The lowest BCUT2D eigenvalue weighted by molar-refractivity contribution is 0.0680. The van der Waals surface area contributed by atoms with Crippen molar-refractivity contribution >= 4 is 17.5 Å². The van der Waals surface area contributed by atoms with Gasteiger partial charge in [-0.05, 0) is 17.7 Å². The van der Waals surface area contributed by atoms with E-state index >= 15 is 0 Å². The zero-order valence-corrected chi connectivity index (χ0v) is 12.6. The highest BCUT2D eigenvalue weighted by atomic mass is 35.5. The Morgan fingerprint density at radius 1 is 1.24 bits per heavy atom. The van der Waals surface area contributed by atoms with E-state index in [1.54, 1.807) is 24.1 Å². The molecule has 1 amide bonds. The van der Waals surface area contributed by atoms with E-state index in [0.29, 0.717) is 30.4 Å². The molecule has 0 spiro atoms. The second-order valence-electron chi connectivity index (χ2n) is 4.57. The van der Waals surface area contributed by atoms with Crippen LogP contribution in [-0.4, -0.2) is 36.1 Å². The highest BCUT2D eigenvalue weighted by molar-refractivity contribution is 6.29. The first-order chi connectivity index (χ1) is 10.2. The second-order valence-corrected chi connectivity index (χ2v) is 4.96. The molecule has 2 rings (SSSR count). The Kier molecular flexibility index (Phi) is 5.72.